The van der Waals surface area contributed by atoms with Gasteiger partial charge in [-0.25, -0.2) is 13.4 Å². The van der Waals surface area contributed by atoms with Crippen molar-refractivity contribution in [1.29, 1.82) is 0 Å². The monoisotopic (exact) mass is 489 g/mol. The molecule has 1 aliphatic rings. The molecule has 0 saturated carbocycles. The van der Waals surface area contributed by atoms with E-state index in [1.165, 1.54) is 0 Å². The molecule has 1 fully saturated rings. The molecule has 0 aliphatic carbocycles. The largest absolute Gasteiger partial charge is 0.486 e. The molecule has 3 aromatic carbocycles. The van der Waals surface area contributed by atoms with Crippen LogP contribution in [0.1, 0.15) is 29.8 Å². The van der Waals surface area contributed by atoms with Crippen LogP contribution in [0, 0.1) is 19.8 Å². The van der Waals surface area contributed by atoms with Gasteiger partial charge < -0.3 is 9.30 Å². The molecule has 2 heterocycles. The fourth-order valence-electron chi connectivity index (χ4n) is 4.72. The fourth-order valence-corrected chi connectivity index (χ4v) is 6.27. The first kappa shape index (κ1) is 23.6. The lowest BCUT2D eigenvalue weighted by atomic mass is 9.98. The van der Waals surface area contributed by atoms with Gasteiger partial charge in [0.25, 0.3) is 0 Å². The van der Waals surface area contributed by atoms with Gasteiger partial charge in [0.2, 0.25) is 10.0 Å². The minimum Gasteiger partial charge on any atom is -0.486 e. The Hall–Kier alpha value is -3.16. The second kappa shape index (κ2) is 9.84. The Labute approximate surface area is 207 Å². The molecule has 5 rings (SSSR count). The molecule has 1 aromatic heterocycles. The summed E-state index contributed by atoms with van der Waals surface area (Å²) in [6.45, 7) is 6.19. The van der Waals surface area contributed by atoms with E-state index in [4.69, 9.17) is 9.72 Å². The normalized spacial score (nSPS) is 15.5. The highest BCUT2D eigenvalue weighted by molar-refractivity contribution is 7.89. The lowest BCUT2D eigenvalue weighted by Crippen LogP contribution is -2.39. The number of hydrogen-bond acceptors (Lipinski definition) is 4. The first-order valence-electron chi connectivity index (χ1n) is 12.1. The molecule has 0 N–H and O–H groups in total. The lowest BCUT2D eigenvalue weighted by Gasteiger charge is -2.32. The van der Waals surface area contributed by atoms with Crippen molar-refractivity contribution in [1.82, 2.24) is 13.9 Å². The number of nitrogens with zero attached hydrogens (tertiary/aromatic N) is 3. The predicted octanol–water partition coefficient (Wildman–Crippen LogP) is 5.33. The average molecular weight is 490 g/mol. The number of imidazole rings is 1. The Balaban J connectivity index is 1.30. The number of aryl methyl sites for hydroxylation is 2. The number of ether oxygens (including phenoxy) is 1. The van der Waals surface area contributed by atoms with Crippen LogP contribution in [0.2, 0.25) is 0 Å². The van der Waals surface area contributed by atoms with Crippen LogP contribution < -0.4 is 4.74 Å². The maximum absolute atomic E-state index is 13.2. The second-order valence-electron chi connectivity index (χ2n) is 9.32. The van der Waals surface area contributed by atoms with Gasteiger partial charge in [0.15, 0.2) is 0 Å². The van der Waals surface area contributed by atoms with Crippen LogP contribution in [0.15, 0.2) is 77.7 Å². The summed E-state index contributed by atoms with van der Waals surface area (Å²) in [6, 6.07) is 23.3. The minimum absolute atomic E-state index is 0.370. The standard InChI is InChI=1S/C28H31N3O3S/c1-21-12-13-25(18-22(21)2)35(32,33)30-16-14-23(15-17-30)19-31-27-11-7-6-10-26(27)29-28(31)20-34-24-8-4-3-5-9-24/h3-13,18,23H,14-17,19-20H2,1-2H3. The average Bonchev–Trinajstić information content (AvgIpc) is 3.22. The lowest BCUT2D eigenvalue weighted by molar-refractivity contribution is 0.244. The van der Waals surface area contributed by atoms with Crippen molar-refractivity contribution in [3.8, 4) is 5.75 Å². The van der Waals surface area contributed by atoms with Crippen LogP contribution >= 0.6 is 0 Å². The zero-order chi connectivity index (χ0) is 24.4. The van der Waals surface area contributed by atoms with Crippen LogP contribution in [0.25, 0.3) is 11.0 Å². The van der Waals surface area contributed by atoms with Crippen molar-refractivity contribution in [2.45, 2.75) is 44.7 Å². The van der Waals surface area contributed by atoms with E-state index in [0.29, 0.717) is 30.5 Å². The Kier molecular flexibility index (Phi) is 6.62. The number of aromatic nitrogens is 2. The van der Waals surface area contributed by atoms with Gasteiger partial charge >= 0.3 is 0 Å². The maximum Gasteiger partial charge on any atom is 0.243 e. The van der Waals surface area contributed by atoms with Crippen molar-refractivity contribution >= 4 is 21.1 Å². The minimum atomic E-state index is -3.47. The molecule has 0 spiro atoms. The Morgan fingerprint density at radius 2 is 1.63 bits per heavy atom. The molecule has 0 radical (unpaired) electrons. The topological polar surface area (TPSA) is 64.4 Å². The Morgan fingerprint density at radius 3 is 2.37 bits per heavy atom. The summed E-state index contributed by atoms with van der Waals surface area (Å²) >= 11 is 0. The summed E-state index contributed by atoms with van der Waals surface area (Å²) in [6.07, 6.45) is 1.63. The van der Waals surface area contributed by atoms with Crippen LogP contribution in [-0.4, -0.2) is 35.4 Å². The van der Waals surface area contributed by atoms with Gasteiger partial charge in [0, 0.05) is 19.6 Å². The highest BCUT2D eigenvalue weighted by Gasteiger charge is 2.30. The third-order valence-electron chi connectivity index (χ3n) is 6.98. The summed E-state index contributed by atoms with van der Waals surface area (Å²) in [4.78, 5) is 5.22. The third-order valence-corrected chi connectivity index (χ3v) is 8.87. The predicted molar refractivity (Wildman–Crippen MR) is 138 cm³/mol. The molecule has 182 valence electrons. The number of sulfonamides is 1. The molecule has 0 unspecified atom stereocenters. The summed E-state index contributed by atoms with van der Waals surface area (Å²) in [5.41, 5.74) is 4.14. The highest BCUT2D eigenvalue weighted by Crippen LogP contribution is 2.28. The molecule has 6 nitrogen and oxygen atoms in total. The van der Waals surface area contributed by atoms with Gasteiger partial charge in [0.05, 0.1) is 15.9 Å². The first-order chi connectivity index (χ1) is 16.9. The van der Waals surface area contributed by atoms with Crippen LogP contribution in [-0.2, 0) is 23.2 Å². The van der Waals surface area contributed by atoms with Gasteiger partial charge in [-0.2, -0.15) is 4.31 Å². The van der Waals surface area contributed by atoms with Crippen molar-refractivity contribution in [3.63, 3.8) is 0 Å². The number of benzene rings is 3. The van der Waals surface area contributed by atoms with E-state index in [2.05, 4.69) is 10.6 Å². The van der Waals surface area contributed by atoms with E-state index in [9.17, 15) is 8.42 Å². The second-order valence-corrected chi connectivity index (χ2v) is 11.3. The van der Waals surface area contributed by atoms with E-state index in [-0.39, 0.29) is 0 Å². The Bertz CT molecular complexity index is 1420. The number of para-hydroxylation sites is 3. The molecule has 0 amide bonds. The summed E-state index contributed by atoms with van der Waals surface area (Å²) < 4.78 is 36.3. The van der Waals surface area contributed by atoms with Crippen molar-refractivity contribution in [2.75, 3.05) is 13.1 Å². The summed E-state index contributed by atoms with van der Waals surface area (Å²) in [5.74, 6) is 2.07. The number of piperidine rings is 1. The Morgan fingerprint density at radius 1 is 0.914 bits per heavy atom. The molecule has 1 saturated heterocycles. The van der Waals surface area contributed by atoms with Crippen LogP contribution in [0.5, 0.6) is 5.75 Å². The summed E-state index contributed by atoms with van der Waals surface area (Å²) in [7, 11) is -3.47. The fraction of sp³-hybridized carbons (Fsp3) is 0.321. The van der Waals surface area contributed by atoms with Gasteiger partial charge in [-0.15, -0.1) is 0 Å². The van der Waals surface area contributed by atoms with Crippen molar-refractivity contribution in [2.24, 2.45) is 5.92 Å². The SMILES string of the molecule is Cc1ccc(S(=O)(=O)N2CCC(Cn3c(COc4ccccc4)nc4ccccc43)CC2)cc1C. The van der Waals surface area contributed by atoms with Gasteiger partial charge in [-0.05, 0) is 80.1 Å². The zero-order valence-corrected chi connectivity index (χ0v) is 21.0. The number of rotatable bonds is 7. The molecule has 4 aromatic rings. The molecular weight excluding hydrogens is 458 g/mol. The highest BCUT2D eigenvalue weighted by atomic mass is 32.2. The van der Waals surface area contributed by atoms with E-state index in [1.807, 2.05) is 68.4 Å². The molecule has 7 heteroatoms. The number of hydrogen-bond donors (Lipinski definition) is 0. The van der Waals surface area contributed by atoms with E-state index in [1.54, 1.807) is 16.4 Å². The van der Waals surface area contributed by atoms with Crippen LogP contribution in [0.3, 0.4) is 0 Å². The molecule has 0 bridgehead atoms. The smallest absolute Gasteiger partial charge is 0.243 e. The van der Waals surface area contributed by atoms with E-state index >= 15 is 0 Å². The van der Waals surface area contributed by atoms with Gasteiger partial charge in [-0.1, -0.05) is 36.4 Å². The molecule has 0 atom stereocenters. The number of fused-ring (bicyclic) bond motifs is 1. The van der Waals surface area contributed by atoms with Crippen molar-refractivity contribution in [3.05, 3.63) is 89.7 Å². The van der Waals surface area contributed by atoms with Gasteiger partial charge in [0.1, 0.15) is 18.2 Å². The maximum atomic E-state index is 13.2. The molecule has 35 heavy (non-hydrogen) atoms. The molecular formula is C28H31N3O3S. The van der Waals surface area contributed by atoms with E-state index < -0.39 is 10.0 Å². The third kappa shape index (κ3) is 4.97. The summed E-state index contributed by atoms with van der Waals surface area (Å²) in [5, 5.41) is 0. The van der Waals surface area contributed by atoms with Gasteiger partial charge in [-0.3, -0.25) is 0 Å². The van der Waals surface area contributed by atoms with Crippen molar-refractivity contribution < 1.29 is 13.2 Å². The molecule has 1 aliphatic heterocycles. The van der Waals surface area contributed by atoms with Crippen LogP contribution in [0.4, 0.5) is 0 Å². The zero-order valence-electron chi connectivity index (χ0n) is 20.2. The first-order valence-corrected chi connectivity index (χ1v) is 13.6. The van der Waals surface area contributed by atoms with E-state index in [0.717, 1.165) is 53.1 Å². The quantitative estimate of drug-likeness (QED) is 0.352.